The van der Waals surface area contributed by atoms with Crippen molar-refractivity contribution < 1.29 is 24.3 Å². The van der Waals surface area contributed by atoms with Gasteiger partial charge in [-0.1, -0.05) is 122 Å². The number of unbranched alkanes of at least 4 members (excludes halogenated alkanes) is 18. The average molecular weight is 467 g/mol. The van der Waals surface area contributed by atoms with Gasteiger partial charge in [0.05, 0.1) is 12.8 Å². The minimum Gasteiger partial charge on any atom is -0.481 e. The van der Waals surface area contributed by atoms with Crippen LogP contribution in [0, 0.1) is 0 Å². The van der Waals surface area contributed by atoms with E-state index in [1.165, 1.54) is 103 Å². The van der Waals surface area contributed by atoms with E-state index in [9.17, 15) is 19.2 Å². The number of Topliss-reactive ketones (excluding diaryl/α,β-unsaturated/α-hetero) is 3. The molecule has 0 aliphatic carbocycles. The maximum absolute atomic E-state index is 11.8. The van der Waals surface area contributed by atoms with E-state index in [0.29, 0.717) is 6.42 Å². The zero-order valence-corrected chi connectivity index (χ0v) is 21.3. The lowest BCUT2D eigenvalue weighted by Gasteiger charge is -2.04. The highest BCUT2D eigenvalue weighted by Crippen LogP contribution is 2.15. The van der Waals surface area contributed by atoms with Crippen molar-refractivity contribution in [2.75, 3.05) is 0 Å². The molecule has 0 amide bonds. The summed E-state index contributed by atoms with van der Waals surface area (Å²) >= 11 is 0. The summed E-state index contributed by atoms with van der Waals surface area (Å²) in [5.41, 5.74) is 0. The van der Waals surface area contributed by atoms with E-state index in [0.717, 1.165) is 19.3 Å². The summed E-state index contributed by atoms with van der Waals surface area (Å²) in [5, 5.41) is 8.51. The minimum atomic E-state index is -1.24. The first-order valence-corrected chi connectivity index (χ1v) is 13.7. The zero-order chi connectivity index (χ0) is 24.6. The topological polar surface area (TPSA) is 88.5 Å². The highest BCUT2D eigenvalue weighted by Gasteiger charge is 2.15. The first-order chi connectivity index (χ1) is 16.0. The molecule has 0 bridgehead atoms. The molecule has 5 heteroatoms. The lowest BCUT2D eigenvalue weighted by molar-refractivity contribution is -0.140. The minimum absolute atomic E-state index is 0.143. The second-order valence-corrected chi connectivity index (χ2v) is 9.65. The Morgan fingerprint density at radius 3 is 1.09 bits per heavy atom. The van der Waals surface area contributed by atoms with E-state index in [-0.39, 0.29) is 12.2 Å². The Morgan fingerprint density at radius 2 is 0.727 bits per heavy atom. The SMILES string of the molecule is CCCCCCCCCCCCCCCCCCCCCC(=O)CC(=O)CC(=O)CC(=O)O. The molecule has 0 fully saturated rings. The van der Waals surface area contributed by atoms with Crippen LogP contribution in [-0.2, 0) is 19.2 Å². The fourth-order valence-corrected chi connectivity index (χ4v) is 4.22. The Morgan fingerprint density at radius 1 is 0.424 bits per heavy atom. The first kappa shape index (κ1) is 31.5. The van der Waals surface area contributed by atoms with Crippen LogP contribution in [0.4, 0.5) is 0 Å². The van der Waals surface area contributed by atoms with Crippen LogP contribution in [0.25, 0.3) is 0 Å². The van der Waals surface area contributed by atoms with Crippen molar-refractivity contribution in [2.24, 2.45) is 0 Å². The number of hydrogen-bond donors (Lipinski definition) is 1. The average Bonchev–Trinajstić information content (AvgIpc) is 2.74. The molecule has 0 aliphatic heterocycles. The van der Waals surface area contributed by atoms with Gasteiger partial charge in [0.2, 0.25) is 0 Å². The highest BCUT2D eigenvalue weighted by atomic mass is 16.4. The van der Waals surface area contributed by atoms with Crippen LogP contribution in [0.1, 0.15) is 155 Å². The normalized spacial score (nSPS) is 10.9. The van der Waals surface area contributed by atoms with Crippen molar-refractivity contribution in [3.05, 3.63) is 0 Å². The van der Waals surface area contributed by atoms with Gasteiger partial charge in [-0.3, -0.25) is 19.2 Å². The number of ketones is 3. The van der Waals surface area contributed by atoms with Gasteiger partial charge in [-0.05, 0) is 6.42 Å². The molecular weight excluding hydrogens is 416 g/mol. The van der Waals surface area contributed by atoms with Crippen molar-refractivity contribution in [2.45, 2.75) is 155 Å². The maximum Gasteiger partial charge on any atom is 0.310 e. The number of carbonyl (C=O) groups excluding carboxylic acids is 3. The summed E-state index contributed by atoms with van der Waals surface area (Å²) in [4.78, 5) is 45.1. The molecule has 0 unspecified atom stereocenters. The monoisotopic (exact) mass is 466 g/mol. The molecule has 5 nitrogen and oxygen atoms in total. The van der Waals surface area contributed by atoms with Crippen LogP contribution in [-0.4, -0.2) is 28.4 Å². The number of hydrogen-bond acceptors (Lipinski definition) is 4. The van der Waals surface area contributed by atoms with Gasteiger partial charge < -0.3 is 5.11 Å². The lowest BCUT2D eigenvalue weighted by atomic mass is 10.0. The van der Waals surface area contributed by atoms with Crippen molar-refractivity contribution in [3.63, 3.8) is 0 Å². The van der Waals surface area contributed by atoms with Gasteiger partial charge in [-0.2, -0.15) is 0 Å². The Hall–Kier alpha value is -1.52. The first-order valence-electron chi connectivity index (χ1n) is 13.7. The van der Waals surface area contributed by atoms with Gasteiger partial charge in [0, 0.05) is 6.42 Å². The molecule has 0 aromatic carbocycles. The van der Waals surface area contributed by atoms with Crippen LogP contribution in [0.5, 0.6) is 0 Å². The molecule has 1 N–H and O–H groups in total. The number of carbonyl (C=O) groups is 4. The second-order valence-electron chi connectivity index (χ2n) is 9.65. The molecule has 0 spiro atoms. The van der Waals surface area contributed by atoms with Gasteiger partial charge in [0.15, 0.2) is 5.78 Å². The molecule has 0 aliphatic rings. The van der Waals surface area contributed by atoms with Crippen molar-refractivity contribution >= 4 is 23.3 Å². The van der Waals surface area contributed by atoms with Gasteiger partial charge in [-0.25, -0.2) is 0 Å². The van der Waals surface area contributed by atoms with E-state index in [1.807, 2.05) is 0 Å². The predicted octanol–water partition coefficient (Wildman–Crippen LogP) is 7.77. The largest absolute Gasteiger partial charge is 0.481 e. The van der Waals surface area contributed by atoms with E-state index >= 15 is 0 Å². The fraction of sp³-hybridized carbons (Fsp3) is 0.857. The Balaban J connectivity index is 3.30. The summed E-state index contributed by atoms with van der Waals surface area (Å²) in [7, 11) is 0. The standard InChI is InChI=1S/C28H50O5/c1-2-3-4-5-6-7-8-9-10-11-12-13-14-15-16-17-18-19-20-21-25(29)22-26(30)23-27(31)24-28(32)33/h2-24H2,1H3,(H,32,33). The molecule has 0 aromatic rings. The van der Waals surface area contributed by atoms with Gasteiger partial charge in [0.25, 0.3) is 0 Å². The third-order valence-electron chi connectivity index (χ3n) is 6.20. The summed E-state index contributed by atoms with van der Waals surface area (Å²) in [6.07, 6.45) is 23.8. The number of rotatable bonds is 26. The molecule has 0 atom stereocenters. The van der Waals surface area contributed by atoms with Gasteiger partial charge in [-0.15, -0.1) is 0 Å². The Kier molecular flexibility index (Phi) is 22.5. The molecule has 0 saturated heterocycles. The van der Waals surface area contributed by atoms with E-state index in [1.54, 1.807) is 0 Å². The van der Waals surface area contributed by atoms with E-state index < -0.39 is 30.4 Å². The van der Waals surface area contributed by atoms with Crippen molar-refractivity contribution in [3.8, 4) is 0 Å². The summed E-state index contributed by atoms with van der Waals surface area (Å²) in [5.74, 6) is -2.49. The van der Waals surface area contributed by atoms with Crippen LogP contribution >= 0.6 is 0 Å². The Bertz CT molecular complexity index is 526. The van der Waals surface area contributed by atoms with Gasteiger partial charge >= 0.3 is 5.97 Å². The van der Waals surface area contributed by atoms with Crippen molar-refractivity contribution in [1.82, 2.24) is 0 Å². The number of carboxylic acid groups (broad SMARTS) is 1. The van der Waals surface area contributed by atoms with Crippen LogP contribution in [0.15, 0.2) is 0 Å². The van der Waals surface area contributed by atoms with Gasteiger partial charge in [0.1, 0.15) is 18.0 Å². The molecule has 0 rings (SSSR count). The third-order valence-corrected chi connectivity index (χ3v) is 6.20. The van der Waals surface area contributed by atoms with Crippen molar-refractivity contribution in [1.29, 1.82) is 0 Å². The quantitative estimate of drug-likeness (QED) is 0.104. The summed E-state index contributed by atoms with van der Waals surface area (Å²) < 4.78 is 0. The predicted molar refractivity (Wildman–Crippen MR) is 135 cm³/mol. The molecule has 0 radical (unpaired) electrons. The second kappa shape index (κ2) is 23.6. The number of aliphatic carboxylic acids is 1. The molecule has 0 heterocycles. The van der Waals surface area contributed by atoms with Crippen LogP contribution in [0.3, 0.4) is 0 Å². The lowest BCUT2D eigenvalue weighted by Crippen LogP contribution is -2.15. The zero-order valence-electron chi connectivity index (χ0n) is 21.3. The summed E-state index contributed by atoms with van der Waals surface area (Å²) in [6.45, 7) is 2.27. The molecule has 0 aromatic heterocycles. The summed E-state index contributed by atoms with van der Waals surface area (Å²) in [6, 6.07) is 0. The highest BCUT2D eigenvalue weighted by molar-refractivity contribution is 6.10. The van der Waals surface area contributed by atoms with E-state index in [4.69, 9.17) is 5.11 Å². The smallest absolute Gasteiger partial charge is 0.310 e. The fourth-order valence-electron chi connectivity index (χ4n) is 4.22. The third kappa shape index (κ3) is 24.9. The van der Waals surface area contributed by atoms with Crippen LogP contribution < -0.4 is 0 Å². The Labute approximate surface area is 202 Å². The molecule has 33 heavy (non-hydrogen) atoms. The molecular formula is C28H50O5. The number of carboxylic acids is 1. The molecule has 192 valence electrons. The van der Waals surface area contributed by atoms with E-state index in [2.05, 4.69) is 6.92 Å². The van der Waals surface area contributed by atoms with Crippen LogP contribution in [0.2, 0.25) is 0 Å². The molecule has 0 saturated carbocycles. The maximum atomic E-state index is 11.8.